The monoisotopic (exact) mass is 277 g/mol. The maximum absolute atomic E-state index is 5.79. The molecule has 0 radical (unpaired) electrons. The molecule has 1 aliphatic rings. The first-order valence-electron chi connectivity index (χ1n) is 6.84. The number of anilines is 1. The topological polar surface area (TPSA) is 78.0 Å². The van der Waals surface area contributed by atoms with Gasteiger partial charge in [-0.3, -0.25) is 4.68 Å². The van der Waals surface area contributed by atoms with Crippen molar-refractivity contribution in [3.8, 4) is 0 Å². The number of nitrogens with zero attached hydrogens (tertiary/aromatic N) is 4. The summed E-state index contributed by atoms with van der Waals surface area (Å²) in [5.41, 5.74) is 1.06. The van der Waals surface area contributed by atoms with E-state index < -0.39 is 0 Å². The molecule has 1 aliphatic heterocycles. The fraction of sp³-hybridized carbons (Fsp3) is 0.615. The predicted molar refractivity (Wildman–Crippen MR) is 72.3 cm³/mol. The molecule has 0 saturated carbocycles. The molecule has 0 aliphatic carbocycles. The highest BCUT2D eigenvalue weighted by molar-refractivity contribution is 5.26. The molecule has 1 N–H and O–H groups in total. The molecule has 0 aromatic carbocycles. The molecule has 7 nitrogen and oxygen atoms in total. The quantitative estimate of drug-likeness (QED) is 0.919. The lowest BCUT2D eigenvalue weighted by atomic mass is 10.1. The maximum Gasteiger partial charge on any atom is 0.321 e. The number of rotatable bonds is 4. The zero-order valence-corrected chi connectivity index (χ0v) is 11.9. The van der Waals surface area contributed by atoms with Crippen LogP contribution >= 0.6 is 0 Å². The van der Waals surface area contributed by atoms with Crippen LogP contribution in [0.2, 0.25) is 0 Å². The van der Waals surface area contributed by atoms with Crippen LogP contribution in [0.15, 0.2) is 16.9 Å². The Morgan fingerprint density at radius 3 is 2.95 bits per heavy atom. The number of hydrogen-bond donors (Lipinski definition) is 1. The molecule has 0 unspecified atom stereocenters. The van der Waals surface area contributed by atoms with E-state index in [0.717, 1.165) is 12.0 Å². The molecular formula is C13H19N5O2. The highest BCUT2D eigenvalue weighted by Crippen LogP contribution is 2.31. The van der Waals surface area contributed by atoms with Gasteiger partial charge in [0.1, 0.15) is 6.10 Å². The zero-order valence-electron chi connectivity index (χ0n) is 11.9. The molecule has 7 heteroatoms. The van der Waals surface area contributed by atoms with Gasteiger partial charge < -0.3 is 14.6 Å². The Morgan fingerprint density at radius 1 is 1.45 bits per heavy atom. The van der Waals surface area contributed by atoms with Crippen molar-refractivity contribution in [3.63, 3.8) is 0 Å². The third-order valence-corrected chi connectivity index (χ3v) is 3.41. The van der Waals surface area contributed by atoms with Crippen molar-refractivity contribution in [2.45, 2.75) is 38.3 Å². The first-order chi connectivity index (χ1) is 9.63. The van der Waals surface area contributed by atoms with Crippen LogP contribution in [0.5, 0.6) is 0 Å². The van der Waals surface area contributed by atoms with Crippen molar-refractivity contribution in [3.05, 3.63) is 23.8 Å². The van der Waals surface area contributed by atoms with Crippen LogP contribution in [0.3, 0.4) is 0 Å². The third kappa shape index (κ3) is 2.53. The minimum atomic E-state index is -0.0295. The fourth-order valence-corrected chi connectivity index (χ4v) is 2.34. The van der Waals surface area contributed by atoms with Gasteiger partial charge in [0.25, 0.3) is 0 Å². The normalized spacial score (nSPS) is 22.6. The number of aromatic nitrogens is 4. The minimum Gasteiger partial charge on any atom is -0.371 e. The molecule has 2 aromatic rings. The van der Waals surface area contributed by atoms with Crippen LogP contribution in [0, 0.1) is 0 Å². The molecule has 20 heavy (non-hydrogen) atoms. The molecule has 3 rings (SSSR count). The number of hydrogen-bond acceptors (Lipinski definition) is 6. The van der Waals surface area contributed by atoms with Crippen molar-refractivity contribution < 1.29 is 9.26 Å². The largest absolute Gasteiger partial charge is 0.371 e. The molecule has 0 spiro atoms. The molecule has 0 bridgehead atoms. The van der Waals surface area contributed by atoms with Gasteiger partial charge in [-0.2, -0.15) is 10.1 Å². The second-order valence-corrected chi connectivity index (χ2v) is 5.39. The second kappa shape index (κ2) is 5.24. The molecule has 1 fully saturated rings. The Morgan fingerprint density at radius 2 is 2.30 bits per heavy atom. The first-order valence-corrected chi connectivity index (χ1v) is 6.84. The predicted octanol–water partition coefficient (Wildman–Crippen LogP) is 1.87. The first kappa shape index (κ1) is 13.1. The van der Waals surface area contributed by atoms with E-state index in [-0.39, 0.29) is 18.1 Å². The summed E-state index contributed by atoms with van der Waals surface area (Å²) in [6.07, 6.45) is 4.67. The van der Waals surface area contributed by atoms with Gasteiger partial charge in [-0.1, -0.05) is 19.0 Å². The van der Waals surface area contributed by atoms with Crippen molar-refractivity contribution in [1.82, 2.24) is 19.9 Å². The summed E-state index contributed by atoms with van der Waals surface area (Å²) in [6.45, 7) is 4.78. The summed E-state index contributed by atoms with van der Waals surface area (Å²) >= 11 is 0. The Kier molecular flexibility index (Phi) is 3.43. The summed E-state index contributed by atoms with van der Waals surface area (Å²) < 4.78 is 12.8. The van der Waals surface area contributed by atoms with E-state index in [1.807, 2.05) is 33.3 Å². The lowest BCUT2D eigenvalue weighted by Crippen LogP contribution is -2.23. The van der Waals surface area contributed by atoms with Crippen LogP contribution in [0.1, 0.15) is 43.7 Å². The third-order valence-electron chi connectivity index (χ3n) is 3.41. The van der Waals surface area contributed by atoms with E-state index in [1.165, 1.54) is 0 Å². The van der Waals surface area contributed by atoms with Gasteiger partial charge in [-0.05, 0) is 6.42 Å². The standard InChI is InChI=1S/C13H19N5O2/c1-8(2)12-16-13(20-17-12)15-10-4-5-19-11(10)9-6-14-18(3)7-9/h6-8,10-11H,4-5H2,1-3H3,(H,15,16,17)/t10-,11+/m0/s1. The summed E-state index contributed by atoms with van der Waals surface area (Å²) in [5.74, 6) is 0.965. The fourth-order valence-electron chi connectivity index (χ4n) is 2.34. The number of aryl methyl sites for hydroxylation is 1. The molecular weight excluding hydrogens is 258 g/mol. The summed E-state index contributed by atoms with van der Waals surface area (Å²) in [6, 6.07) is 0.581. The van der Waals surface area contributed by atoms with E-state index in [9.17, 15) is 0 Å². The van der Waals surface area contributed by atoms with Crippen LogP contribution in [-0.4, -0.2) is 32.6 Å². The summed E-state index contributed by atoms with van der Waals surface area (Å²) in [4.78, 5) is 4.34. The highest BCUT2D eigenvalue weighted by Gasteiger charge is 2.31. The van der Waals surface area contributed by atoms with Crippen molar-refractivity contribution in [2.75, 3.05) is 11.9 Å². The van der Waals surface area contributed by atoms with Gasteiger partial charge in [0.05, 0.1) is 12.2 Å². The van der Waals surface area contributed by atoms with Gasteiger partial charge in [0.15, 0.2) is 5.82 Å². The van der Waals surface area contributed by atoms with Crippen LogP contribution in [-0.2, 0) is 11.8 Å². The maximum atomic E-state index is 5.79. The summed E-state index contributed by atoms with van der Waals surface area (Å²) in [5, 5.41) is 11.4. The molecule has 108 valence electrons. The minimum absolute atomic E-state index is 0.0295. The molecule has 2 aromatic heterocycles. The van der Waals surface area contributed by atoms with Gasteiger partial charge >= 0.3 is 6.01 Å². The van der Waals surface area contributed by atoms with E-state index in [4.69, 9.17) is 9.26 Å². The van der Waals surface area contributed by atoms with Gasteiger partial charge in [-0.15, -0.1) is 0 Å². The molecule has 0 amide bonds. The molecule has 2 atom stereocenters. The molecule has 1 saturated heterocycles. The number of ether oxygens (including phenoxy) is 1. The van der Waals surface area contributed by atoms with E-state index in [0.29, 0.717) is 18.4 Å². The van der Waals surface area contributed by atoms with Gasteiger partial charge in [-0.25, -0.2) is 0 Å². The van der Waals surface area contributed by atoms with Crippen molar-refractivity contribution in [2.24, 2.45) is 7.05 Å². The van der Waals surface area contributed by atoms with E-state index in [1.54, 1.807) is 4.68 Å². The van der Waals surface area contributed by atoms with Crippen LogP contribution in [0.25, 0.3) is 0 Å². The average molecular weight is 277 g/mol. The van der Waals surface area contributed by atoms with Crippen molar-refractivity contribution >= 4 is 6.01 Å². The Labute approximate surface area is 117 Å². The smallest absolute Gasteiger partial charge is 0.321 e. The van der Waals surface area contributed by atoms with E-state index >= 15 is 0 Å². The average Bonchev–Trinajstić information content (AvgIpc) is 3.09. The Bertz CT molecular complexity index is 577. The second-order valence-electron chi connectivity index (χ2n) is 5.39. The zero-order chi connectivity index (χ0) is 14.1. The van der Waals surface area contributed by atoms with Crippen LogP contribution < -0.4 is 5.32 Å². The van der Waals surface area contributed by atoms with E-state index in [2.05, 4.69) is 20.6 Å². The number of nitrogens with one attached hydrogen (secondary N) is 1. The SMILES string of the molecule is CC(C)c1noc(N[C@H]2CCO[C@@H]2c2cnn(C)c2)n1. The lowest BCUT2D eigenvalue weighted by molar-refractivity contribution is 0.107. The molecule has 3 heterocycles. The Hall–Kier alpha value is -1.89. The van der Waals surface area contributed by atoms with Crippen LogP contribution in [0.4, 0.5) is 6.01 Å². The van der Waals surface area contributed by atoms with Gasteiger partial charge in [0, 0.05) is 31.3 Å². The summed E-state index contributed by atoms with van der Waals surface area (Å²) in [7, 11) is 1.90. The van der Waals surface area contributed by atoms with Gasteiger partial charge in [0.2, 0.25) is 0 Å². The van der Waals surface area contributed by atoms with Crippen molar-refractivity contribution in [1.29, 1.82) is 0 Å². The lowest BCUT2D eigenvalue weighted by Gasteiger charge is -2.17. The Balaban J connectivity index is 1.72. The highest BCUT2D eigenvalue weighted by atomic mass is 16.5.